The predicted molar refractivity (Wildman–Crippen MR) is 105 cm³/mol. The van der Waals surface area contributed by atoms with Crippen molar-refractivity contribution >= 4 is 0 Å². The van der Waals surface area contributed by atoms with Gasteiger partial charge in [0.2, 0.25) is 0 Å². The molecule has 139 valence electrons. The Labute approximate surface area is 160 Å². The maximum Gasteiger partial charge on any atom is 0.162 e. The predicted octanol–water partition coefficient (Wildman–Crippen LogP) is 4.97. The molecule has 0 amide bonds. The molecule has 1 radical (unpaired) electrons. The van der Waals surface area contributed by atoms with E-state index in [0.717, 1.165) is 28.2 Å². The fourth-order valence-corrected chi connectivity index (χ4v) is 2.55. The topological polar surface area (TPSA) is 36.9 Å². The summed E-state index contributed by atoms with van der Waals surface area (Å²) in [5.74, 6) is 3.03. The lowest BCUT2D eigenvalue weighted by atomic mass is 10.2. The number of hydrogen-bond acceptors (Lipinski definition) is 4. The van der Waals surface area contributed by atoms with Gasteiger partial charge >= 0.3 is 0 Å². The Hall–Kier alpha value is -3.14. The molecule has 0 fully saturated rings. The van der Waals surface area contributed by atoms with Gasteiger partial charge in [-0.3, -0.25) is 0 Å². The molecule has 0 saturated heterocycles. The van der Waals surface area contributed by atoms with Crippen molar-refractivity contribution in [1.29, 1.82) is 0 Å². The summed E-state index contributed by atoms with van der Waals surface area (Å²) in [5.41, 5.74) is 3.11. The van der Waals surface area contributed by atoms with Gasteiger partial charge < -0.3 is 18.9 Å². The lowest BCUT2D eigenvalue weighted by Gasteiger charge is -2.14. The normalized spacial score (nSPS) is 10.3. The molecule has 0 aliphatic heterocycles. The van der Waals surface area contributed by atoms with E-state index in [1.54, 1.807) is 14.2 Å². The largest absolute Gasteiger partial charge is 0.497 e. The third-order valence-electron chi connectivity index (χ3n) is 4.13. The van der Waals surface area contributed by atoms with Crippen LogP contribution >= 0.6 is 0 Å². The standard InChI is InChI=1S/C23H23O4/c1-17-4-13-22(26-15-18-5-9-20(24-2)10-6-18)23(14-17)27-16-19-7-11-21(25-3)12-8-19/h5-14H,15-16H2,1-3H3. The van der Waals surface area contributed by atoms with Crippen LogP contribution < -0.4 is 18.9 Å². The van der Waals surface area contributed by atoms with Crippen LogP contribution in [-0.2, 0) is 13.2 Å². The van der Waals surface area contributed by atoms with E-state index in [9.17, 15) is 0 Å². The average Bonchev–Trinajstić information content (AvgIpc) is 2.72. The van der Waals surface area contributed by atoms with Crippen molar-refractivity contribution in [3.05, 3.63) is 83.4 Å². The van der Waals surface area contributed by atoms with Crippen LogP contribution in [-0.4, -0.2) is 14.2 Å². The Bertz CT molecular complexity index is 855. The molecule has 3 aromatic rings. The first-order valence-electron chi connectivity index (χ1n) is 8.71. The Morgan fingerprint density at radius 2 is 1.19 bits per heavy atom. The number of methoxy groups -OCH3 is 2. The number of ether oxygens (including phenoxy) is 4. The summed E-state index contributed by atoms with van der Waals surface area (Å²) in [6, 6.07) is 22.5. The summed E-state index contributed by atoms with van der Waals surface area (Å²) in [4.78, 5) is 0. The van der Waals surface area contributed by atoms with Crippen molar-refractivity contribution in [2.24, 2.45) is 0 Å². The second-order valence-corrected chi connectivity index (χ2v) is 6.12. The van der Waals surface area contributed by atoms with Crippen LogP contribution in [0.3, 0.4) is 0 Å². The second kappa shape index (κ2) is 8.99. The quantitative estimate of drug-likeness (QED) is 0.566. The molecule has 0 aromatic heterocycles. The lowest BCUT2D eigenvalue weighted by Crippen LogP contribution is -2.01. The van der Waals surface area contributed by atoms with Crippen LogP contribution in [0.25, 0.3) is 0 Å². The molecule has 0 heterocycles. The minimum Gasteiger partial charge on any atom is -0.497 e. The van der Waals surface area contributed by atoms with Gasteiger partial charge in [0.1, 0.15) is 24.7 Å². The van der Waals surface area contributed by atoms with E-state index in [1.807, 2.05) is 67.6 Å². The summed E-state index contributed by atoms with van der Waals surface area (Å²) in [5, 5.41) is 0. The van der Waals surface area contributed by atoms with Crippen molar-refractivity contribution in [3.63, 3.8) is 0 Å². The van der Waals surface area contributed by atoms with E-state index in [4.69, 9.17) is 18.9 Å². The van der Waals surface area contributed by atoms with Crippen LogP contribution in [0.4, 0.5) is 0 Å². The van der Waals surface area contributed by atoms with Crippen molar-refractivity contribution in [2.75, 3.05) is 14.2 Å². The molecule has 0 aliphatic carbocycles. The molecule has 0 aliphatic rings. The highest BCUT2D eigenvalue weighted by molar-refractivity contribution is 5.42. The number of rotatable bonds is 8. The van der Waals surface area contributed by atoms with Crippen molar-refractivity contribution in [2.45, 2.75) is 20.1 Å². The van der Waals surface area contributed by atoms with Crippen LogP contribution in [0, 0.1) is 13.0 Å². The first-order valence-corrected chi connectivity index (χ1v) is 8.71. The first kappa shape index (κ1) is 18.6. The molecule has 4 heteroatoms. The minimum absolute atomic E-state index is 0.444. The summed E-state index contributed by atoms with van der Waals surface area (Å²) < 4.78 is 22.3. The Morgan fingerprint density at radius 1 is 0.704 bits per heavy atom. The third-order valence-corrected chi connectivity index (χ3v) is 4.13. The van der Waals surface area contributed by atoms with Crippen molar-refractivity contribution in [3.8, 4) is 23.0 Å². The van der Waals surface area contributed by atoms with E-state index < -0.39 is 0 Å². The Morgan fingerprint density at radius 3 is 1.67 bits per heavy atom. The molecular weight excluding hydrogens is 340 g/mol. The molecule has 0 atom stereocenters. The molecule has 3 aromatic carbocycles. The Balaban J connectivity index is 1.66. The van der Waals surface area contributed by atoms with E-state index >= 15 is 0 Å². The maximum atomic E-state index is 6.00. The summed E-state index contributed by atoms with van der Waals surface area (Å²) >= 11 is 0. The summed E-state index contributed by atoms with van der Waals surface area (Å²) in [7, 11) is 3.31. The second-order valence-electron chi connectivity index (χ2n) is 6.12. The molecule has 0 spiro atoms. The van der Waals surface area contributed by atoms with E-state index in [1.165, 1.54) is 0 Å². The lowest BCUT2D eigenvalue weighted by molar-refractivity contribution is 0.255. The zero-order chi connectivity index (χ0) is 19.1. The van der Waals surface area contributed by atoms with Gasteiger partial charge in [-0.1, -0.05) is 24.3 Å². The van der Waals surface area contributed by atoms with E-state index in [2.05, 4.69) is 6.07 Å². The number of hydrogen-bond donors (Lipinski definition) is 0. The van der Waals surface area contributed by atoms with Crippen molar-refractivity contribution < 1.29 is 18.9 Å². The molecule has 0 saturated carbocycles. The van der Waals surface area contributed by atoms with E-state index in [0.29, 0.717) is 24.7 Å². The zero-order valence-electron chi connectivity index (χ0n) is 15.8. The van der Waals surface area contributed by atoms with Gasteiger partial charge in [-0.25, -0.2) is 0 Å². The summed E-state index contributed by atoms with van der Waals surface area (Å²) in [6.45, 7) is 2.87. The molecule has 0 bridgehead atoms. The van der Waals surface area contributed by atoms with Crippen LogP contribution in [0.15, 0.2) is 60.7 Å². The smallest absolute Gasteiger partial charge is 0.162 e. The van der Waals surface area contributed by atoms with E-state index in [-0.39, 0.29) is 0 Å². The number of aryl methyl sites for hydroxylation is 1. The molecular formula is C23H23O4. The van der Waals surface area contributed by atoms with Gasteiger partial charge in [-0.15, -0.1) is 0 Å². The molecule has 27 heavy (non-hydrogen) atoms. The number of benzene rings is 3. The van der Waals surface area contributed by atoms with Gasteiger partial charge in [-0.2, -0.15) is 0 Å². The third kappa shape index (κ3) is 5.17. The van der Waals surface area contributed by atoms with Gasteiger partial charge in [0.25, 0.3) is 0 Å². The SMILES string of the molecule is COc1ccc(COc2c[c]c(C)cc2OCc2ccc(OC)cc2)cc1. The zero-order valence-corrected chi connectivity index (χ0v) is 15.8. The van der Waals surface area contributed by atoms with Gasteiger partial charge in [0.05, 0.1) is 14.2 Å². The van der Waals surface area contributed by atoms with Gasteiger partial charge in [0, 0.05) is 0 Å². The van der Waals surface area contributed by atoms with Crippen LogP contribution in [0.1, 0.15) is 16.7 Å². The fraction of sp³-hybridized carbons (Fsp3) is 0.217. The average molecular weight is 363 g/mol. The Kier molecular flexibility index (Phi) is 6.21. The first-order chi connectivity index (χ1) is 13.2. The summed E-state index contributed by atoms with van der Waals surface area (Å²) in [6.07, 6.45) is 0. The molecule has 0 N–H and O–H groups in total. The highest BCUT2D eigenvalue weighted by atomic mass is 16.5. The van der Waals surface area contributed by atoms with Crippen LogP contribution in [0.5, 0.6) is 23.0 Å². The minimum atomic E-state index is 0.444. The van der Waals surface area contributed by atoms with Crippen LogP contribution in [0.2, 0.25) is 0 Å². The highest BCUT2D eigenvalue weighted by Gasteiger charge is 2.07. The fourth-order valence-electron chi connectivity index (χ4n) is 2.55. The van der Waals surface area contributed by atoms with Gasteiger partial charge in [-0.05, 0) is 66.1 Å². The molecule has 0 unspecified atom stereocenters. The molecule has 4 nitrogen and oxygen atoms in total. The highest BCUT2D eigenvalue weighted by Crippen LogP contribution is 2.30. The van der Waals surface area contributed by atoms with Crippen molar-refractivity contribution in [1.82, 2.24) is 0 Å². The monoisotopic (exact) mass is 363 g/mol. The molecule has 3 rings (SSSR count). The van der Waals surface area contributed by atoms with Gasteiger partial charge in [0.15, 0.2) is 11.5 Å². The maximum absolute atomic E-state index is 6.00.